The van der Waals surface area contributed by atoms with Crippen LogP contribution in [0.15, 0.2) is 59.7 Å². The van der Waals surface area contributed by atoms with Gasteiger partial charge in [0.05, 0.1) is 41.1 Å². The van der Waals surface area contributed by atoms with Gasteiger partial charge in [0, 0.05) is 0 Å². The van der Waals surface area contributed by atoms with Crippen LogP contribution in [0, 0.1) is 17.1 Å². The zero-order valence-electron chi connectivity index (χ0n) is 17.7. The molecule has 10 heteroatoms. The highest BCUT2D eigenvalue weighted by Crippen LogP contribution is 2.36. The number of methoxy groups -OCH3 is 1. The van der Waals surface area contributed by atoms with E-state index in [1.807, 2.05) is 0 Å². The first-order valence-electron chi connectivity index (χ1n) is 9.68. The smallest absolute Gasteiger partial charge is 0.335 e. The van der Waals surface area contributed by atoms with Gasteiger partial charge in [-0.2, -0.15) is 10.4 Å². The Morgan fingerprint density at radius 3 is 2.56 bits per heavy atom. The van der Waals surface area contributed by atoms with Crippen LogP contribution in [0.5, 0.6) is 11.5 Å². The van der Waals surface area contributed by atoms with Gasteiger partial charge in [-0.05, 0) is 53.6 Å². The van der Waals surface area contributed by atoms with Crippen LogP contribution in [0.4, 0.5) is 4.39 Å². The summed E-state index contributed by atoms with van der Waals surface area (Å²) in [5.74, 6) is -2.07. The number of halogens is 2. The van der Waals surface area contributed by atoms with Gasteiger partial charge in [0.25, 0.3) is 5.91 Å². The number of ether oxygens (including phenoxy) is 2. The Morgan fingerprint density at radius 2 is 1.94 bits per heavy atom. The maximum atomic E-state index is 13.9. The van der Waals surface area contributed by atoms with Crippen molar-refractivity contribution >= 4 is 29.7 Å². The van der Waals surface area contributed by atoms with Crippen LogP contribution in [0.2, 0.25) is 5.02 Å². The van der Waals surface area contributed by atoms with Crippen LogP contribution in [-0.2, 0) is 6.61 Å². The molecule has 0 spiro atoms. The van der Waals surface area contributed by atoms with Gasteiger partial charge in [-0.25, -0.2) is 14.6 Å². The second-order valence-corrected chi connectivity index (χ2v) is 7.24. The first-order chi connectivity index (χ1) is 16.3. The number of hydrogen-bond donors (Lipinski definition) is 2. The molecule has 0 radical (unpaired) electrons. The lowest BCUT2D eigenvalue weighted by atomic mass is 10.1. The molecular formula is C24H17ClFN3O5. The molecule has 8 nitrogen and oxygen atoms in total. The van der Waals surface area contributed by atoms with Crippen molar-refractivity contribution in [3.05, 3.63) is 93.3 Å². The van der Waals surface area contributed by atoms with Gasteiger partial charge in [0.1, 0.15) is 12.4 Å². The fraction of sp³-hybridized carbons (Fsp3) is 0.0833. The Bertz CT molecular complexity index is 1300. The number of carboxylic acids is 1. The molecule has 1 amide bonds. The third kappa shape index (κ3) is 5.88. The second-order valence-electron chi connectivity index (χ2n) is 6.83. The van der Waals surface area contributed by atoms with Crippen molar-refractivity contribution in [1.29, 1.82) is 5.26 Å². The van der Waals surface area contributed by atoms with E-state index in [1.54, 1.807) is 24.3 Å². The molecule has 0 bridgehead atoms. The lowest BCUT2D eigenvalue weighted by molar-refractivity contribution is 0.0696. The monoisotopic (exact) mass is 481 g/mol. The van der Waals surface area contributed by atoms with E-state index in [0.717, 1.165) is 11.6 Å². The number of nitrogens with zero attached hydrogens (tertiary/aromatic N) is 2. The molecular weight excluding hydrogens is 465 g/mol. The molecule has 2 N–H and O–H groups in total. The van der Waals surface area contributed by atoms with E-state index in [9.17, 15) is 14.0 Å². The van der Waals surface area contributed by atoms with E-state index >= 15 is 0 Å². The average molecular weight is 482 g/mol. The Hall–Kier alpha value is -4.42. The third-order valence-electron chi connectivity index (χ3n) is 4.56. The summed E-state index contributed by atoms with van der Waals surface area (Å²) in [6.45, 7) is 0.121. The molecule has 34 heavy (non-hydrogen) atoms. The summed E-state index contributed by atoms with van der Waals surface area (Å²) in [5.41, 5.74) is 3.41. The SMILES string of the molecule is COc1cc(/C=N\NC(=O)c2ccc(C#N)cc2F)cc(Cl)c1OCc1ccc(C(=O)O)cc1. The number of amides is 1. The number of nitrogens with one attached hydrogen (secondary N) is 1. The molecule has 0 saturated carbocycles. The van der Waals surface area contributed by atoms with Crippen LogP contribution >= 0.6 is 11.6 Å². The number of benzene rings is 3. The number of nitriles is 1. The highest BCUT2D eigenvalue weighted by Gasteiger charge is 2.14. The standard InChI is InChI=1S/C24H17ClFN3O5/c1-33-21-10-16(12-28-29-23(30)18-7-4-15(11-27)9-20(18)26)8-19(25)22(21)34-13-14-2-5-17(6-3-14)24(31)32/h2-10,12H,13H2,1H3,(H,29,30)(H,31,32)/b28-12-. The number of hydrogen-bond acceptors (Lipinski definition) is 6. The van der Waals surface area contributed by atoms with Gasteiger partial charge in [0.2, 0.25) is 0 Å². The average Bonchev–Trinajstić information content (AvgIpc) is 2.83. The molecule has 0 aliphatic carbocycles. The molecule has 0 fully saturated rings. The molecule has 3 rings (SSSR count). The molecule has 3 aromatic rings. The summed E-state index contributed by atoms with van der Waals surface area (Å²) < 4.78 is 25.0. The van der Waals surface area contributed by atoms with Crippen molar-refractivity contribution < 1.29 is 28.6 Å². The Morgan fingerprint density at radius 1 is 1.21 bits per heavy atom. The van der Waals surface area contributed by atoms with Crippen LogP contribution in [0.1, 0.15) is 37.4 Å². The van der Waals surface area contributed by atoms with Gasteiger partial charge < -0.3 is 14.6 Å². The van der Waals surface area contributed by atoms with Gasteiger partial charge in [-0.1, -0.05) is 23.7 Å². The number of carboxylic acid groups (broad SMARTS) is 1. The Kier molecular flexibility index (Phi) is 7.79. The van der Waals surface area contributed by atoms with E-state index in [4.69, 9.17) is 31.4 Å². The van der Waals surface area contributed by atoms with E-state index < -0.39 is 17.7 Å². The number of rotatable bonds is 8. The van der Waals surface area contributed by atoms with Crippen molar-refractivity contribution in [1.82, 2.24) is 5.43 Å². The van der Waals surface area contributed by atoms with E-state index in [-0.39, 0.29) is 34.1 Å². The van der Waals surface area contributed by atoms with E-state index in [2.05, 4.69) is 10.5 Å². The van der Waals surface area contributed by atoms with Crippen molar-refractivity contribution in [2.24, 2.45) is 5.10 Å². The maximum Gasteiger partial charge on any atom is 0.335 e. The zero-order valence-corrected chi connectivity index (χ0v) is 18.5. The third-order valence-corrected chi connectivity index (χ3v) is 4.84. The van der Waals surface area contributed by atoms with Crippen molar-refractivity contribution in [2.75, 3.05) is 7.11 Å². The van der Waals surface area contributed by atoms with Crippen LogP contribution in [-0.4, -0.2) is 30.3 Å². The first-order valence-corrected chi connectivity index (χ1v) is 10.1. The van der Waals surface area contributed by atoms with Gasteiger partial charge in [-0.15, -0.1) is 0 Å². The normalized spacial score (nSPS) is 10.5. The largest absolute Gasteiger partial charge is 0.493 e. The predicted molar refractivity (Wildman–Crippen MR) is 122 cm³/mol. The molecule has 0 aliphatic heterocycles. The first kappa shape index (κ1) is 24.2. The van der Waals surface area contributed by atoms with Crippen molar-refractivity contribution in [3.8, 4) is 17.6 Å². The number of aromatic carboxylic acids is 1. The minimum atomic E-state index is -1.02. The molecule has 0 aromatic heterocycles. The van der Waals surface area contributed by atoms with Crippen LogP contribution in [0.25, 0.3) is 0 Å². The minimum Gasteiger partial charge on any atom is -0.493 e. The highest BCUT2D eigenvalue weighted by molar-refractivity contribution is 6.32. The zero-order chi connectivity index (χ0) is 24.7. The number of carbonyl (C=O) groups excluding carboxylic acids is 1. The molecule has 0 atom stereocenters. The van der Waals surface area contributed by atoms with E-state index in [1.165, 1.54) is 43.7 Å². The van der Waals surface area contributed by atoms with Crippen molar-refractivity contribution in [3.63, 3.8) is 0 Å². The summed E-state index contributed by atoms with van der Waals surface area (Å²) in [4.78, 5) is 23.1. The second kappa shape index (κ2) is 10.9. The lowest BCUT2D eigenvalue weighted by Crippen LogP contribution is -2.19. The number of hydrazone groups is 1. The molecule has 3 aromatic carbocycles. The topological polar surface area (TPSA) is 121 Å². The Labute approximate surface area is 198 Å². The molecule has 0 saturated heterocycles. The predicted octanol–water partition coefficient (Wildman–Crippen LogP) is 4.40. The molecule has 0 unspecified atom stereocenters. The molecule has 0 heterocycles. The molecule has 172 valence electrons. The maximum absolute atomic E-state index is 13.9. The van der Waals surface area contributed by atoms with Crippen LogP contribution < -0.4 is 14.9 Å². The summed E-state index contributed by atoms with van der Waals surface area (Å²) >= 11 is 6.33. The molecule has 0 aliphatic rings. The van der Waals surface area contributed by atoms with Gasteiger partial charge >= 0.3 is 5.97 Å². The van der Waals surface area contributed by atoms with Crippen molar-refractivity contribution in [2.45, 2.75) is 6.61 Å². The highest BCUT2D eigenvalue weighted by atomic mass is 35.5. The minimum absolute atomic E-state index is 0.0962. The quantitative estimate of drug-likeness (QED) is 0.363. The van der Waals surface area contributed by atoms with Gasteiger partial charge in [0.15, 0.2) is 11.5 Å². The summed E-state index contributed by atoms with van der Waals surface area (Å²) in [5, 5.41) is 21.8. The van der Waals surface area contributed by atoms with E-state index in [0.29, 0.717) is 11.3 Å². The lowest BCUT2D eigenvalue weighted by Gasteiger charge is -2.13. The summed E-state index contributed by atoms with van der Waals surface area (Å²) in [7, 11) is 1.43. The summed E-state index contributed by atoms with van der Waals surface area (Å²) in [6, 6.07) is 14.6. The number of carbonyl (C=O) groups is 2. The fourth-order valence-electron chi connectivity index (χ4n) is 2.85. The van der Waals surface area contributed by atoms with Gasteiger partial charge in [-0.3, -0.25) is 4.79 Å². The summed E-state index contributed by atoms with van der Waals surface area (Å²) in [6.07, 6.45) is 1.29. The Balaban J connectivity index is 1.69. The fourth-order valence-corrected chi connectivity index (χ4v) is 3.12. The van der Waals surface area contributed by atoms with Crippen LogP contribution in [0.3, 0.4) is 0 Å².